The van der Waals surface area contributed by atoms with Gasteiger partial charge >= 0.3 is 6.09 Å². The summed E-state index contributed by atoms with van der Waals surface area (Å²) in [5.41, 5.74) is 4.33. The van der Waals surface area contributed by atoms with E-state index >= 15 is 0 Å². The summed E-state index contributed by atoms with van der Waals surface area (Å²) in [6.45, 7) is 2.33. The third-order valence-corrected chi connectivity index (χ3v) is 5.03. The molecule has 1 amide bonds. The zero-order valence-corrected chi connectivity index (χ0v) is 14.4. The predicted octanol–water partition coefficient (Wildman–Crippen LogP) is 4.35. The molecular weight excluding hydrogens is 312 g/mol. The quantitative estimate of drug-likeness (QED) is 0.838. The number of benzene rings is 1. The van der Waals surface area contributed by atoms with Crippen molar-refractivity contribution in [2.24, 2.45) is 0 Å². The lowest BCUT2D eigenvalue weighted by molar-refractivity contribution is 0.0832. The van der Waals surface area contributed by atoms with Crippen molar-refractivity contribution in [1.82, 2.24) is 9.88 Å². The lowest BCUT2D eigenvalue weighted by Crippen LogP contribution is -2.43. The number of rotatable bonds is 3. The SMILES string of the molecule is Cc1cccc(C2=CC3CCC(C2)N3C(=O)OCc2ccccc2)n1. The van der Waals surface area contributed by atoms with Gasteiger partial charge in [-0.05, 0) is 49.5 Å². The molecule has 0 saturated carbocycles. The van der Waals surface area contributed by atoms with Gasteiger partial charge in [0, 0.05) is 11.7 Å². The fourth-order valence-electron chi connectivity index (χ4n) is 3.82. The molecule has 4 rings (SSSR count). The van der Waals surface area contributed by atoms with E-state index in [2.05, 4.69) is 17.1 Å². The van der Waals surface area contributed by atoms with Gasteiger partial charge < -0.3 is 4.74 Å². The molecule has 25 heavy (non-hydrogen) atoms. The van der Waals surface area contributed by atoms with Crippen molar-refractivity contribution in [2.75, 3.05) is 0 Å². The zero-order valence-electron chi connectivity index (χ0n) is 14.4. The summed E-state index contributed by atoms with van der Waals surface area (Å²) in [5.74, 6) is 0. The fourth-order valence-corrected chi connectivity index (χ4v) is 3.82. The average Bonchev–Trinajstić information content (AvgIpc) is 2.90. The van der Waals surface area contributed by atoms with E-state index in [1.807, 2.05) is 54.3 Å². The number of aromatic nitrogens is 1. The number of pyridine rings is 1. The summed E-state index contributed by atoms with van der Waals surface area (Å²) in [5, 5.41) is 0. The third kappa shape index (κ3) is 3.29. The van der Waals surface area contributed by atoms with E-state index in [1.54, 1.807) is 0 Å². The van der Waals surface area contributed by atoms with Crippen LogP contribution in [0.5, 0.6) is 0 Å². The molecule has 0 radical (unpaired) electrons. The normalized spacial score (nSPS) is 21.8. The van der Waals surface area contributed by atoms with Crippen LogP contribution in [0.4, 0.5) is 4.79 Å². The maximum absolute atomic E-state index is 12.6. The second-order valence-corrected chi connectivity index (χ2v) is 6.81. The Bertz CT molecular complexity index is 801. The average molecular weight is 334 g/mol. The van der Waals surface area contributed by atoms with Crippen LogP contribution in [0.1, 0.15) is 36.2 Å². The highest BCUT2D eigenvalue weighted by atomic mass is 16.6. The Morgan fingerprint density at radius 3 is 2.76 bits per heavy atom. The van der Waals surface area contributed by atoms with Gasteiger partial charge in [0.05, 0.1) is 11.7 Å². The summed E-state index contributed by atoms with van der Waals surface area (Å²) >= 11 is 0. The minimum absolute atomic E-state index is 0.124. The van der Waals surface area contributed by atoms with E-state index in [4.69, 9.17) is 4.74 Å². The first-order chi connectivity index (χ1) is 12.2. The van der Waals surface area contributed by atoms with E-state index in [-0.39, 0.29) is 18.2 Å². The number of carbonyl (C=O) groups is 1. The van der Waals surface area contributed by atoms with Crippen LogP contribution in [0, 0.1) is 6.92 Å². The number of hydrogen-bond acceptors (Lipinski definition) is 3. The standard InChI is InChI=1S/C21H22N2O2/c1-15-6-5-9-20(22-15)17-12-18-10-11-19(13-17)23(18)21(24)25-14-16-7-3-2-4-8-16/h2-9,12,18-19H,10-11,13-14H2,1H3. The van der Waals surface area contributed by atoms with Crippen LogP contribution in [0.2, 0.25) is 0 Å². The number of amides is 1. The number of fused-ring (bicyclic) bond motifs is 2. The molecule has 1 aromatic carbocycles. The Morgan fingerprint density at radius 2 is 2.00 bits per heavy atom. The van der Waals surface area contributed by atoms with Crippen molar-refractivity contribution < 1.29 is 9.53 Å². The number of nitrogens with zero attached hydrogens (tertiary/aromatic N) is 2. The van der Waals surface area contributed by atoms with Crippen LogP contribution < -0.4 is 0 Å². The van der Waals surface area contributed by atoms with Crippen molar-refractivity contribution in [1.29, 1.82) is 0 Å². The summed E-state index contributed by atoms with van der Waals surface area (Å²) in [4.78, 5) is 19.1. The minimum Gasteiger partial charge on any atom is -0.445 e. The van der Waals surface area contributed by atoms with Gasteiger partial charge in [-0.1, -0.05) is 42.5 Å². The van der Waals surface area contributed by atoms with Gasteiger partial charge in [-0.15, -0.1) is 0 Å². The lowest BCUT2D eigenvalue weighted by atomic mass is 9.98. The monoisotopic (exact) mass is 334 g/mol. The molecule has 1 aromatic heterocycles. The second-order valence-electron chi connectivity index (χ2n) is 6.81. The van der Waals surface area contributed by atoms with Gasteiger partial charge in [-0.25, -0.2) is 4.79 Å². The van der Waals surface area contributed by atoms with Crippen LogP contribution in [-0.4, -0.2) is 28.1 Å². The summed E-state index contributed by atoms with van der Waals surface area (Å²) < 4.78 is 5.55. The van der Waals surface area contributed by atoms with Crippen LogP contribution in [-0.2, 0) is 11.3 Å². The van der Waals surface area contributed by atoms with Crippen molar-refractivity contribution in [3.8, 4) is 0 Å². The summed E-state index contributed by atoms with van der Waals surface area (Å²) in [6.07, 6.45) is 4.88. The molecule has 2 atom stereocenters. The number of hydrogen-bond donors (Lipinski definition) is 0. The van der Waals surface area contributed by atoms with E-state index in [0.29, 0.717) is 6.61 Å². The van der Waals surface area contributed by atoms with Gasteiger partial charge in [0.15, 0.2) is 0 Å². The molecule has 2 aliphatic rings. The number of ether oxygens (including phenoxy) is 1. The van der Waals surface area contributed by atoms with Crippen LogP contribution >= 0.6 is 0 Å². The Labute approximate surface area is 148 Å². The predicted molar refractivity (Wildman–Crippen MR) is 96.8 cm³/mol. The van der Waals surface area contributed by atoms with Crippen molar-refractivity contribution in [2.45, 2.75) is 44.9 Å². The van der Waals surface area contributed by atoms with Gasteiger partial charge in [0.25, 0.3) is 0 Å². The molecule has 2 aliphatic heterocycles. The number of aryl methyl sites for hydroxylation is 1. The van der Waals surface area contributed by atoms with Crippen molar-refractivity contribution >= 4 is 11.7 Å². The molecular formula is C21H22N2O2. The lowest BCUT2D eigenvalue weighted by Gasteiger charge is -2.33. The number of carbonyl (C=O) groups excluding carboxylic acids is 1. The smallest absolute Gasteiger partial charge is 0.410 e. The minimum atomic E-state index is -0.205. The maximum atomic E-state index is 12.6. The first-order valence-electron chi connectivity index (χ1n) is 8.84. The first-order valence-corrected chi connectivity index (χ1v) is 8.84. The summed E-state index contributed by atoms with van der Waals surface area (Å²) in [7, 11) is 0. The molecule has 4 nitrogen and oxygen atoms in total. The van der Waals surface area contributed by atoms with E-state index in [9.17, 15) is 4.79 Å². The van der Waals surface area contributed by atoms with Crippen LogP contribution in [0.3, 0.4) is 0 Å². The first kappa shape index (κ1) is 15.9. The molecule has 128 valence electrons. The van der Waals surface area contributed by atoms with Gasteiger partial charge in [0.1, 0.15) is 6.61 Å². The fraction of sp³-hybridized carbons (Fsp3) is 0.333. The maximum Gasteiger partial charge on any atom is 0.410 e. The van der Waals surface area contributed by atoms with Gasteiger partial charge in [-0.3, -0.25) is 9.88 Å². The highest BCUT2D eigenvalue weighted by Crippen LogP contribution is 2.38. The molecule has 0 aliphatic carbocycles. The van der Waals surface area contributed by atoms with E-state index in [0.717, 1.165) is 36.2 Å². The van der Waals surface area contributed by atoms with Gasteiger partial charge in [-0.2, -0.15) is 0 Å². The highest BCUT2D eigenvalue weighted by molar-refractivity contribution is 5.74. The molecule has 3 heterocycles. The third-order valence-electron chi connectivity index (χ3n) is 5.03. The Kier molecular flexibility index (Phi) is 4.26. The second kappa shape index (κ2) is 6.71. The highest BCUT2D eigenvalue weighted by Gasteiger charge is 2.40. The van der Waals surface area contributed by atoms with Gasteiger partial charge in [0.2, 0.25) is 0 Å². The Balaban J connectivity index is 1.47. The zero-order chi connectivity index (χ0) is 17.2. The summed E-state index contributed by atoms with van der Waals surface area (Å²) in [6, 6.07) is 16.3. The van der Waals surface area contributed by atoms with E-state index in [1.165, 1.54) is 5.57 Å². The molecule has 1 saturated heterocycles. The largest absolute Gasteiger partial charge is 0.445 e. The van der Waals surface area contributed by atoms with E-state index < -0.39 is 0 Å². The molecule has 2 bridgehead atoms. The van der Waals surface area contributed by atoms with Crippen LogP contribution in [0.25, 0.3) is 5.57 Å². The topological polar surface area (TPSA) is 42.4 Å². The molecule has 2 aromatic rings. The molecule has 1 fully saturated rings. The van der Waals surface area contributed by atoms with Crippen LogP contribution in [0.15, 0.2) is 54.6 Å². The molecule has 0 N–H and O–H groups in total. The molecule has 2 unspecified atom stereocenters. The Hall–Kier alpha value is -2.62. The van der Waals surface area contributed by atoms with Crippen molar-refractivity contribution in [3.63, 3.8) is 0 Å². The molecule has 0 spiro atoms. The Morgan fingerprint density at radius 1 is 1.16 bits per heavy atom. The molecule has 4 heteroatoms. The van der Waals surface area contributed by atoms with Crippen molar-refractivity contribution in [3.05, 3.63) is 71.6 Å².